The number of hydrogen-bond donors (Lipinski definition) is 2. The minimum Gasteiger partial charge on any atom is -0.478 e. The van der Waals surface area contributed by atoms with Gasteiger partial charge in [-0.3, -0.25) is 4.90 Å². The second-order valence-electron chi connectivity index (χ2n) is 7.10. The van der Waals surface area contributed by atoms with Crippen LogP contribution in [-0.2, 0) is 17.7 Å². The number of alkyl carbamates (subject to hydrolysis) is 1. The molecule has 2 rings (SSSR count). The Morgan fingerprint density at radius 1 is 1.29 bits per heavy atom. The van der Waals surface area contributed by atoms with E-state index in [9.17, 15) is 9.59 Å². The standard InChI is InChI=1S/C18H26N2O4/c1-18(2,3)24-17(23)19-8-4-9-20-10-7-13-5-6-14(16(21)22)11-15(13)12-20/h5-6,11H,4,7-10,12H2,1-3H3,(H,19,23)(H,21,22). The van der Waals surface area contributed by atoms with E-state index in [0.717, 1.165) is 38.0 Å². The number of nitrogens with zero attached hydrogens (tertiary/aromatic N) is 1. The number of benzene rings is 1. The normalized spacial score (nSPS) is 14.8. The van der Waals surface area contributed by atoms with Crippen molar-refractivity contribution in [1.82, 2.24) is 10.2 Å². The molecule has 1 aromatic carbocycles. The molecule has 1 heterocycles. The maximum absolute atomic E-state index is 11.6. The molecule has 0 saturated heterocycles. The predicted molar refractivity (Wildman–Crippen MR) is 91.2 cm³/mol. The summed E-state index contributed by atoms with van der Waals surface area (Å²) in [5.41, 5.74) is 2.16. The molecular weight excluding hydrogens is 308 g/mol. The molecular formula is C18H26N2O4. The minimum absolute atomic E-state index is 0.335. The fraction of sp³-hybridized carbons (Fsp3) is 0.556. The first-order valence-electron chi connectivity index (χ1n) is 8.29. The van der Waals surface area contributed by atoms with Gasteiger partial charge in [-0.2, -0.15) is 0 Å². The zero-order chi connectivity index (χ0) is 17.7. The van der Waals surface area contributed by atoms with E-state index >= 15 is 0 Å². The van der Waals surface area contributed by atoms with Crippen molar-refractivity contribution in [3.63, 3.8) is 0 Å². The molecule has 0 radical (unpaired) electrons. The highest BCUT2D eigenvalue weighted by Crippen LogP contribution is 2.20. The van der Waals surface area contributed by atoms with Crippen molar-refractivity contribution in [2.24, 2.45) is 0 Å². The Morgan fingerprint density at radius 2 is 2.04 bits per heavy atom. The lowest BCUT2D eigenvalue weighted by Gasteiger charge is -2.29. The van der Waals surface area contributed by atoms with E-state index < -0.39 is 17.7 Å². The van der Waals surface area contributed by atoms with E-state index in [1.54, 1.807) is 12.1 Å². The molecule has 1 aliphatic heterocycles. The molecule has 1 amide bonds. The van der Waals surface area contributed by atoms with Gasteiger partial charge in [0, 0.05) is 26.2 Å². The van der Waals surface area contributed by atoms with Crippen LogP contribution in [0.25, 0.3) is 0 Å². The summed E-state index contributed by atoms with van der Waals surface area (Å²) < 4.78 is 5.19. The van der Waals surface area contributed by atoms with E-state index in [1.807, 2.05) is 26.8 Å². The van der Waals surface area contributed by atoms with Gasteiger partial charge >= 0.3 is 12.1 Å². The van der Waals surface area contributed by atoms with Crippen LogP contribution in [-0.4, -0.2) is 47.3 Å². The number of nitrogens with one attached hydrogen (secondary N) is 1. The van der Waals surface area contributed by atoms with Crippen LogP contribution in [0.1, 0.15) is 48.7 Å². The van der Waals surface area contributed by atoms with Gasteiger partial charge in [-0.25, -0.2) is 9.59 Å². The molecule has 1 aromatic rings. The fourth-order valence-electron chi connectivity index (χ4n) is 2.75. The molecule has 0 spiro atoms. The maximum Gasteiger partial charge on any atom is 0.407 e. The second kappa shape index (κ2) is 7.66. The minimum atomic E-state index is -0.892. The van der Waals surface area contributed by atoms with Crippen LogP contribution in [0, 0.1) is 0 Å². The molecule has 0 aromatic heterocycles. The van der Waals surface area contributed by atoms with Gasteiger partial charge in [0.05, 0.1) is 5.56 Å². The van der Waals surface area contributed by atoms with E-state index in [2.05, 4.69) is 10.2 Å². The van der Waals surface area contributed by atoms with Crippen LogP contribution in [0.2, 0.25) is 0 Å². The largest absolute Gasteiger partial charge is 0.478 e. The van der Waals surface area contributed by atoms with Crippen LogP contribution >= 0.6 is 0 Å². The van der Waals surface area contributed by atoms with Gasteiger partial charge in [-0.15, -0.1) is 0 Å². The van der Waals surface area contributed by atoms with Crippen LogP contribution < -0.4 is 5.32 Å². The van der Waals surface area contributed by atoms with Crippen molar-refractivity contribution in [2.75, 3.05) is 19.6 Å². The second-order valence-corrected chi connectivity index (χ2v) is 7.10. The molecule has 24 heavy (non-hydrogen) atoms. The Morgan fingerprint density at radius 3 is 2.71 bits per heavy atom. The van der Waals surface area contributed by atoms with Gasteiger partial charge in [-0.1, -0.05) is 6.07 Å². The molecule has 0 saturated carbocycles. The lowest BCUT2D eigenvalue weighted by atomic mass is 9.97. The topological polar surface area (TPSA) is 78.9 Å². The maximum atomic E-state index is 11.6. The fourth-order valence-corrected chi connectivity index (χ4v) is 2.75. The van der Waals surface area contributed by atoms with Gasteiger partial charge in [0.2, 0.25) is 0 Å². The summed E-state index contributed by atoms with van der Waals surface area (Å²) in [4.78, 5) is 24.9. The number of carbonyl (C=O) groups excluding carboxylic acids is 1. The van der Waals surface area contributed by atoms with E-state index in [4.69, 9.17) is 9.84 Å². The van der Waals surface area contributed by atoms with Gasteiger partial charge in [0.15, 0.2) is 0 Å². The van der Waals surface area contributed by atoms with Crippen LogP contribution in [0.3, 0.4) is 0 Å². The van der Waals surface area contributed by atoms with E-state index in [0.29, 0.717) is 12.1 Å². The van der Waals surface area contributed by atoms with Gasteiger partial charge < -0.3 is 15.2 Å². The van der Waals surface area contributed by atoms with Crippen molar-refractivity contribution in [3.05, 3.63) is 34.9 Å². The number of fused-ring (bicyclic) bond motifs is 1. The zero-order valence-corrected chi connectivity index (χ0v) is 14.6. The van der Waals surface area contributed by atoms with Gasteiger partial charge in [0.1, 0.15) is 5.60 Å². The third-order valence-corrected chi connectivity index (χ3v) is 3.86. The highest BCUT2D eigenvalue weighted by Gasteiger charge is 2.18. The lowest BCUT2D eigenvalue weighted by molar-refractivity contribution is 0.0524. The smallest absolute Gasteiger partial charge is 0.407 e. The van der Waals surface area contributed by atoms with Crippen LogP contribution in [0.15, 0.2) is 18.2 Å². The van der Waals surface area contributed by atoms with Crippen molar-refractivity contribution in [2.45, 2.75) is 45.8 Å². The lowest BCUT2D eigenvalue weighted by Crippen LogP contribution is -2.36. The summed E-state index contributed by atoms with van der Waals surface area (Å²) in [6, 6.07) is 5.35. The van der Waals surface area contributed by atoms with E-state index in [1.165, 1.54) is 5.56 Å². The Labute approximate surface area is 142 Å². The monoisotopic (exact) mass is 334 g/mol. The Balaban J connectivity index is 1.77. The SMILES string of the molecule is CC(C)(C)OC(=O)NCCCN1CCc2ccc(C(=O)O)cc2C1. The summed E-state index contributed by atoms with van der Waals surface area (Å²) in [5, 5.41) is 11.8. The van der Waals surface area contributed by atoms with Crippen LogP contribution in [0.4, 0.5) is 4.79 Å². The van der Waals surface area contributed by atoms with Crippen molar-refractivity contribution in [1.29, 1.82) is 0 Å². The van der Waals surface area contributed by atoms with Gasteiger partial charge in [-0.05, 0) is 56.9 Å². The van der Waals surface area contributed by atoms with Gasteiger partial charge in [0.25, 0.3) is 0 Å². The third kappa shape index (κ3) is 5.53. The number of ether oxygens (including phenoxy) is 1. The Bertz CT molecular complexity index is 608. The number of aromatic carboxylic acids is 1. The third-order valence-electron chi connectivity index (χ3n) is 3.86. The first-order valence-corrected chi connectivity index (χ1v) is 8.29. The summed E-state index contributed by atoms with van der Waals surface area (Å²) in [6.45, 7) is 8.63. The predicted octanol–water partition coefficient (Wildman–Crippen LogP) is 2.66. The molecule has 6 heteroatoms. The molecule has 6 nitrogen and oxygen atoms in total. The first-order chi connectivity index (χ1) is 11.2. The number of hydrogen-bond acceptors (Lipinski definition) is 4. The summed E-state index contributed by atoms with van der Waals surface area (Å²) in [5.74, 6) is -0.892. The van der Waals surface area contributed by atoms with E-state index in [-0.39, 0.29) is 0 Å². The highest BCUT2D eigenvalue weighted by molar-refractivity contribution is 5.87. The van der Waals surface area contributed by atoms with Crippen molar-refractivity contribution >= 4 is 12.1 Å². The molecule has 0 atom stereocenters. The number of carboxylic acids is 1. The Hall–Kier alpha value is -2.08. The van der Waals surface area contributed by atoms with Crippen LogP contribution in [0.5, 0.6) is 0 Å². The molecule has 0 fully saturated rings. The molecule has 2 N–H and O–H groups in total. The first kappa shape index (κ1) is 18.3. The average molecular weight is 334 g/mol. The highest BCUT2D eigenvalue weighted by atomic mass is 16.6. The molecule has 0 bridgehead atoms. The summed E-state index contributed by atoms with van der Waals surface area (Å²) >= 11 is 0. The summed E-state index contributed by atoms with van der Waals surface area (Å²) in [7, 11) is 0. The zero-order valence-electron chi connectivity index (χ0n) is 14.6. The molecule has 1 aliphatic rings. The average Bonchev–Trinajstić information content (AvgIpc) is 2.49. The van der Waals surface area contributed by atoms with Crippen molar-refractivity contribution < 1.29 is 19.4 Å². The number of rotatable bonds is 5. The molecule has 0 aliphatic carbocycles. The number of carboxylic acid groups (broad SMARTS) is 1. The summed E-state index contributed by atoms with van der Waals surface area (Å²) in [6.07, 6.45) is 1.36. The molecule has 132 valence electrons. The quantitative estimate of drug-likeness (QED) is 0.809. The van der Waals surface area contributed by atoms with Crippen molar-refractivity contribution in [3.8, 4) is 0 Å². The number of carbonyl (C=O) groups is 2. The molecule has 0 unspecified atom stereocenters. The number of amides is 1. The Kier molecular flexibility index (Phi) is 5.83.